The quantitative estimate of drug-likeness (QED) is 0.624. The largest absolute Gasteiger partial charge is 0.488 e. The van der Waals surface area contributed by atoms with Crippen LogP contribution in [0.3, 0.4) is 0 Å². The molecule has 0 aliphatic carbocycles. The fourth-order valence-electron chi connectivity index (χ4n) is 2.12. The van der Waals surface area contributed by atoms with Crippen molar-refractivity contribution >= 4 is 31.7 Å². The number of hydrogen-bond acceptors (Lipinski definition) is 4. The zero-order valence-corrected chi connectivity index (χ0v) is 14.1. The van der Waals surface area contributed by atoms with Crippen LogP contribution < -0.4 is 5.46 Å². The molecule has 1 aromatic carbocycles. The van der Waals surface area contributed by atoms with E-state index in [1.165, 1.54) is 0 Å². The summed E-state index contributed by atoms with van der Waals surface area (Å²) in [4.78, 5) is 4.47. The molecule has 21 heavy (non-hydrogen) atoms. The van der Waals surface area contributed by atoms with Crippen molar-refractivity contribution in [2.45, 2.75) is 39.3 Å². The predicted octanol–water partition coefficient (Wildman–Crippen LogP) is 1.34. The lowest BCUT2D eigenvalue weighted by atomic mass is 9.80. The Labute approximate surface area is 126 Å². The van der Waals surface area contributed by atoms with Crippen LogP contribution in [-0.4, -0.2) is 41.4 Å². The van der Waals surface area contributed by atoms with Crippen molar-refractivity contribution < 1.29 is 14.8 Å². The van der Waals surface area contributed by atoms with Gasteiger partial charge in [0.15, 0.2) is 0 Å². The van der Waals surface area contributed by atoms with Crippen LogP contribution in [0.4, 0.5) is 0 Å². The van der Waals surface area contributed by atoms with Crippen LogP contribution in [0.2, 0.25) is 25.7 Å². The standard InChI is InChI=1S/C14H23BN2O3Si/c1-11-16-13-6-5-12(15(18)19)9-14(13)17(11)10-20-7-8-21(2,3)4/h5-6,9,18-19H,7-8,10H2,1-4H3. The Balaban J connectivity index is 2.14. The predicted molar refractivity (Wildman–Crippen MR) is 88.4 cm³/mol. The first-order valence-corrected chi connectivity index (χ1v) is 10.9. The zero-order valence-electron chi connectivity index (χ0n) is 13.1. The van der Waals surface area contributed by atoms with Gasteiger partial charge in [-0.25, -0.2) is 4.98 Å². The number of aryl methyl sites for hydroxylation is 1. The normalized spacial score (nSPS) is 12.1. The molecule has 2 rings (SSSR count). The summed E-state index contributed by atoms with van der Waals surface area (Å²) in [5, 5.41) is 18.6. The van der Waals surface area contributed by atoms with E-state index < -0.39 is 15.2 Å². The van der Waals surface area contributed by atoms with Crippen molar-refractivity contribution in [2.24, 2.45) is 0 Å². The molecule has 2 N–H and O–H groups in total. The van der Waals surface area contributed by atoms with Crippen LogP contribution in [0, 0.1) is 6.92 Å². The molecule has 2 aromatic rings. The second-order valence-electron chi connectivity index (χ2n) is 6.56. The number of benzene rings is 1. The van der Waals surface area contributed by atoms with Gasteiger partial charge in [0, 0.05) is 14.7 Å². The highest BCUT2D eigenvalue weighted by molar-refractivity contribution is 6.76. The van der Waals surface area contributed by atoms with Crippen molar-refractivity contribution in [1.82, 2.24) is 9.55 Å². The lowest BCUT2D eigenvalue weighted by Gasteiger charge is -2.16. The van der Waals surface area contributed by atoms with E-state index in [0.717, 1.165) is 29.5 Å². The van der Waals surface area contributed by atoms with Gasteiger partial charge in [0.1, 0.15) is 12.6 Å². The highest BCUT2D eigenvalue weighted by Gasteiger charge is 2.15. The Morgan fingerprint density at radius 3 is 2.62 bits per heavy atom. The van der Waals surface area contributed by atoms with Gasteiger partial charge in [-0.3, -0.25) is 0 Å². The monoisotopic (exact) mass is 306 g/mol. The van der Waals surface area contributed by atoms with Gasteiger partial charge < -0.3 is 19.4 Å². The van der Waals surface area contributed by atoms with Gasteiger partial charge in [-0.1, -0.05) is 25.7 Å². The molecule has 0 saturated carbocycles. The minimum Gasteiger partial charge on any atom is -0.423 e. The molecule has 0 spiro atoms. The first-order chi connectivity index (χ1) is 9.78. The number of hydrogen-bond donors (Lipinski definition) is 2. The summed E-state index contributed by atoms with van der Waals surface area (Å²) in [6, 6.07) is 6.35. The van der Waals surface area contributed by atoms with E-state index in [2.05, 4.69) is 24.6 Å². The van der Waals surface area contributed by atoms with Crippen molar-refractivity contribution in [3.63, 3.8) is 0 Å². The number of fused-ring (bicyclic) bond motifs is 1. The molecule has 1 heterocycles. The average molecular weight is 306 g/mol. The van der Waals surface area contributed by atoms with Crippen LogP contribution in [0.1, 0.15) is 5.82 Å². The first kappa shape index (κ1) is 16.2. The molecule has 7 heteroatoms. The molecule has 114 valence electrons. The van der Waals surface area contributed by atoms with Gasteiger partial charge in [-0.15, -0.1) is 0 Å². The third-order valence-electron chi connectivity index (χ3n) is 3.48. The van der Waals surface area contributed by atoms with Gasteiger partial charge in [0.25, 0.3) is 0 Å². The summed E-state index contributed by atoms with van der Waals surface area (Å²) in [6.07, 6.45) is 0. The smallest absolute Gasteiger partial charge is 0.423 e. The van der Waals surface area contributed by atoms with Gasteiger partial charge >= 0.3 is 7.12 Å². The minimum atomic E-state index is -1.47. The van der Waals surface area contributed by atoms with Crippen LogP contribution in [-0.2, 0) is 11.5 Å². The van der Waals surface area contributed by atoms with Gasteiger partial charge in [-0.05, 0) is 30.6 Å². The first-order valence-electron chi connectivity index (χ1n) is 7.18. The number of ether oxygens (including phenoxy) is 1. The van der Waals surface area contributed by atoms with Crippen LogP contribution in [0.25, 0.3) is 11.0 Å². The van der Waals surface area contributed by atoms with E-state index in [-0.39, 0.29) is 0 Å². The van der Waals surface area contributed by atoms with Crippen molar-refractivity contribution in [1.29, 1.82) is 0 Å². The molecule has 0 bridgehead atoms. The molecule has 0 atom stereocenters. The maximum Gasteiger partial charge on any atom is 0.488 e. The van der Waals surface area contributed by atoms with E-state index in [9.17, 15) is 10.0 Å². The summed E-state index contributed by atoms with van der Waals surface area (Å²) in [5.41, 5.74) is 2.17. The molecule has 0 fully saturated rings. The van der Waals surface area contributed by atoms with Gasteiger partial charge in [0.2, 0.25) is 0 Å². The molecule has 0 saturated heterocycles. The van der Waals surface area contributed by atoms with E-state index in [4.69, 9.17) is 4.74 Å². The van der Waals surface area contributed by atoms with E-state index in [1.807, 2.05) is 11.5 Å². The van der Waals surface area contributed by atoms with E-state index >= 15 is 0 Å². The topological polar surface area (TPSA) is 67.5 Å². The summed E-state index contributed by atoms with van der Waals surface area (Å²) in [5.74, 6) is 0.864. The Kier molecular flexibility index (Phi) is 4.88. The van der Waals surface area contributed by atoms with Crippen molar-refractivity contribution in [3.8, 4) is 0 Å². The fraction of sp³-hybridized carbons (Fsp3) is 0.500. The highest BCUT2D eigenvalue weighted by atomic mass is 28.3. The number of imidazole rings is 1. The van der Waals surface area contributed by atoms with Crippen LogP contribution in [0.5, 0.6) is 0 Å². The SMILES string of the molecule is Cc1nc2ccc(B(O)O)cc2n1COCC[Si](C)(C)C. The summed E-state index contributed by atoms with van der Waals surface area (Å²) < 4.78 is 7.74. The average Bonchev–Trinajstić information content (AvgIpc) is 2.68. The molecule has 0 aliphatic heterocycles. The maximum absolute atomic E-state index is 9.28. The maximum atomic E-state index is 9.28. The molecule has 0 amide bonds. The molecule has 0 radical (unpaired) electrons. The molecule has 0 unspecified atom stereocenters. The number of nitrogens with zero attached hydrogens (tertiary/aromatic N) is 2. The Bertz CT molecular complexity index is 622. The molecule has 5 nitrogen and oxygen atoms in total. The molecule has 0 aliphatic rings. The van der Waals surface area contributed by atoms with E-state index in [1.54, 1.807) is 18.2 Å². The summed E-state index contributed by atoms with van der Waals surface area (Å²) >= 11 is 0. The number of rotatable bonds is 6. The van der Waals surface area contributed by atoms with Crippen molar-refractivity contribution in [2.75, 3.05) is 6.61 Å². The zero-order chi connectivity index (χ0) is 15.6. The van der Waals surface area contributed by atoms with Crippen molar-refractivity contribution in [3.05, 3.63) is 24.0 Å². The third-order valence-corrected chi connectivity index (χ3v) is 5.18. The summed E-state index contributed by atoms with van der Waals surface area (Å²) in [6.45, 7) is 10.1. The minimum absolute atomic E-state index is 0.442. The highest BCUT2D eigenvalue weighted by Crippen LogP contribution is 2.15. The Hall–Kier alpha value is -1.15. The second-order valence-corrected chi connectivity index (χ2v) is 12.2. The van der Waals surface area contributed by atoms with Crippen LogP contribution >= 0.6 is 0 Å². The van der Waals surface area contributed by atoms with E-state index in [0.29, 0.717) is 12.2 Å². The molecular formula is C14H23BN2O3Si. The Morgan fingerprint density at radius 2 is 2.00 bits per heavy atom. The van der Waals surface area contributed by atoms with Gasteiger partial charge in [-0.2, -0.15) is 0 Å². The Morgan fingerprint density at radius 1 is 1.29 bits per heavy atom. The van der Waals surface area contributed by atoms with Gasteiger partial charge in [0.05, 0.1) is 11.0 Å². The fourth-order valence-corrected chi connectivity index (χ4v) is 2.87. The molecule has 1 aromatic heterocycles. The molecular weight excluding hydrogens is 283 g/mol. The third kappa shape index (κ3) is 4.17. The summed E-state index contributed by atoms with van der Waals surface area (Å²) in [7, 11) is -2.55. The lowest BCUT2D eigenvalue weighted by molar-refractivity contribution is 0.0885. The number of aromatic nitrogens is 2. The van der Waals surface area contributed by atoms with Crippen LogP contribution in [0.15, 0.2) is 18.2 Å². The lowest BCUT2D eigenvalue weighted by Crippen LogP contribution is -2.29. The second kappa shape index (κ2) is 6.31.